The van der Waals surface area contributed by atoms with Crippen LogP contribution in [0.5, 0.6) is 0 Å². The zero-order valence-corrected chi connectivity index (χ0v) is 21.7. The summed E-state index contributed by atoms with van der Waals surface area (Å²) in [5.41, 5.74) is 5.63. The van der Waals surface area contributed by atoms with Gasteiger partial charge in [-0.25, -0.2) is 10.4 Å². The average molecular weight is 521 g/mol. The van der Waals surface area contributed by atoms with E-state index in [9.17, 15) is 5.11 Å². The summed E-state index contributed by atoms with van der Waals surface area (Å²) in [7, 11) is 0. The third-order valence-corrected chi connectivity index (χ3v) is 6.89. The zero-order valence-electron chi connectivity index (χ0n) is 20.9. The number of likely N-dealkylation sites (tertiary alicyclic amines) is 1. The van der Waals surface area contributed by atoms with E-state index in [0.29, 0.717) is 29.1 Å². The van der Waals surface area contributed by atoms with E-state index < -0.39 is 6.23 Å². The van der Waals surface area contributed by atoms with E-state index in [2.05, 4.69) is 31.8 Å². The van der Waals surface area contributed by atoms with Crippen molar-refractivity contribution in [2.24, 2.45) is 4.99 Å². The number of hydrogen-bond acceptors (Lipinski definition) is 10. The fourth-order valence-electron chi connectivity index (χ4n) is 4.11. The first-order valence-corrected chi connectivity index (χ1v) is 13.3. The van der Waals surface area contributed by atoms with Crippen molar-refractivity contribution in [3.8, 4) is 6.07 Å². The number of rotatable bonds is 9. The summed E-state index contributed by atoms with van der Waals surface area (Å²) < 4.78 is 5.20. The summed E-state index contributed by atoms with van der Waals surface area (Å²) in [6.07, 6.45) is 5.10. The van der Waals surface area contributed by atoms with Gasteiger partial charge in [-0.1, -0.05) is 24.6 Å². The molecule has 37 heavy (non-hydrogen) atoms. The fourth-order valence-corrected chi connectivity index (χ4v) is 4.88. The molecule has 2 unspecified atom stereocenters. The van der Waals surface area contributed by atoms with Gasteiger partial charge in [0.1, 0.15) is 17.4 Å². The topological polar surface area (TPSA) is 135 Å². The van der Waals surface area contributed by atoms with Crippen molar-refractivity contribution in [3.05, 3.63) is 60.3 Å². The minimum absolute atomic E-state index is 0.184. The summed E-state index contributed by atoms with van der Waals surface area (Å²) >= 11 is 1.48. The molecule has 2 atom stereocenters. The van der Waals surface area contributed by atoms with Crippen LogP contribution in [0.25, 0.3) is 0 Å². The van der Waals surface area contributed by atoms with E-state index in [0.717, 1.165) is 56.0 Å². The Bertz CT molecular complexity index is 1180. The Morgan fingerprint density at radius 1 is 1.19 bits per heavy atom. The van der Waals surface area contributed by atoms with Crippen LogP contribution in [0, 0.1) is 11.3 Å². The molecule has 3 aromatic rings. The van der Waals surface area contributed by atoms with Gasteiger partial charge in [0.15, 0.2) is 11.4 Å². The Hall–Kier alpha value is -3.30. The Labute approximate surface area is 221 Å². The van der Waals surface area contributed by atoms with Crippen LogP contribution in [-0.2, 0) is 0 Å². The maximum absolute atomic E-state index is 10.2. The molecule has 1 aromatic carbocycles. The number of aliphatic hydroxyl groups excluding tert-OH is 1. The third kappa shape index (κ3) is 8.36. The van der Waals surface area contributed by atoms with Crippen molar-refractivity contribution in [1.82, 2.24) is 30.7 Å². The van der Waals surface area contributed by atoms with Gasteiger partial charge in [-0.3, -0.25) is 0 Å². The number of benzene rings is 1. The fraction of sp³-hybridized carbons (Fsp3) is 0.423. The van der Waals surface area contributed by atoms with Crippen LogP contribution in [-0.4, -0.2) is 50.4 Å². The summed E-state index contributed by atoms with van der Waals surface area (Å²) in [4.78, 5) is 22.1. The Morgan fingerprint density at radius 3 is 2.84 bits per heavy atom. The molecule has 0 bridgehead atoms. The van der Waals surface area contributed by atoms with Crippen molar-refractivity contribution in [2.75, 3.05) is 19.6 Å². The van der Waals surface area contributed by atoms with Gasteiger partial charge in [0.25, 0.3) is 5.95 Å². The molecule has 1 aliphatic heterocycles. The maximum Gasteiger partial charge on any atom is 0.255 e. The highest BCUT2D eigenvalue weighted by Crippen LogP contribution is 2.30. The van der Waals surface area contributed by atoms with Crippen molar-refractivity contribution in [1.29, 1.82) is 5.26 Å². The molecule has 11 heteroatoms. The molecule has 0 amide bonds. The number of aromatic nitrogens is 3. The molecule has 0 spiro atoms. The lowest BCUT2D eigenvalue weighted by atomic mass is 9.95. The number of nitrogens with one attached hydrogen (secondary N) is 2. The molecule has 3 N–H and O–H groups in total. The molecule has 10 nitrogen and oxygen atoms in total. The van der Waals surface area contributed by atoms with Crippen LogP contribution < -0.4 is 10.9 Å². The molecule has 1 saturated heterocycles. The molecular formula is C26H32N8O2S. The Morgan fingerprint density at radius 2 is 2.05 bits per heavy atom. The zero-order chi connectivity index (χ0) is 25.9. The van der Waals surface area contributed by atoms with Crippen LogP contribution in [0.1, 0.15) is 62.8 Å². The average Bonchev–Trinajstić information content (AvgIpc) is 3.43. The molecule has 194 valence electrons. The van der Waals surface area contributed by atoms with Gasteiger partial charge in [-0.15, -0.1) is 0 Å². The molecule has 1 fully saturated rings. The van der Waals surface area contributed by atoms with Crippen molar-refractivity contribution >= 4 is 23.5 Å². The molecule has 3 heterocycles. The van der Waals surface area contributed by atoms with E-state index in [-0.39, 0.29) is 5.92 Å². The van der Waals surface area contributed by atoms with Crippen molar-refractivity contribution in [2.45, 2.75) is 61.2 Å². The second-order valence-corrected chi connectivity index (χ2v) is 9.85. The van der Waals surface area contributed by atoms with Gasteiger partial charge in [-0.2, -0.15) is 20.2 Å². The number of aliphatic imine (C=N–C) groups is 1. The second-order valence-electron chi connectivity index (χ2n) is 8.81. The predicted molar refractivity (Wildman–Crippen MR) is 141 cm³/mol. The first kappa shape index (κ1) is 26.8. The SMILES string of the molecule is CC(=Nc1nc(Sc2ccccc2)nc(C2CCCCN(CCC#N)CC2)n1)NNC(O)c1ccco1. The summed E-state index contributed by atoms with van der Waals surface area (Å²) in [5, 5.41) is 19.8. The van der Waals surface area contributed by atoms with Crippen LogP contribution >= 0.6 is 11.8 Å². The molecule has 0 radical (unpaired) electrons. The van der Waals surface area contributed by atoms with E-state index in [4.69, 9.17) is 19.6 Å². The minimum Gasteiger partial charge on any atom is -0.465 e. The first-order valence-electron chi connectivity index (χ1n) is 12.5. The van der Waals surface area contributed by atoms with Crippen molar-refractivity contribution < 1.29 is 9.52 Å². The largest absolute Gasteiger partial charge is 0.465 e. The molecule has 0 aliphatic carbocycles. The van der Waals surface area contributed by atoms with Crippen LogP contribution in [0.3, 0.4) is 0 Å². The van der Waals surface area contributed by atoms with Gasteiger partial charge in [0, 0.05) is 23.8 Å². The molecule has 1 aliphatic rings. The normalized spacial score (nSPS) is 18.0. The third-order valence-electron chi connectivity index (χ3n) is 6.02. The van der Waals surface area contributed by atoms with E-state index >= 15 is 0 Å². The Balaban J connectivity index is 1.53. The molecule has 4 rings (SSSR count). The Kier molecular flexibility index (Phi) is 10.0. The lowest BCUT2D eigenvalue weighted by Gasteiger charge is -2.27. The number of amidine groups is 1. The lowest BCUT2D eigenvalue weighted by Crippen LogP contribution is -2.38. The summed E-state index contributed by atoms with van der Waals surface area (Å²) in [5.74, 6) is 2.11. The highest BCUT2D eigenvalue weighted by Gasteiger charge is 2.21. The summed E-state index contributed by atoms with van der Waals surface area (Å²) in [6.45, 7) is 4.50. The van der Waals surface area contributed by atoms with E-state index in [1.165, 1.54) is 18.0 Å². The number of furan rings is 1. The smallest absolute Gasteiger partial charge is 0.255 e. The maximum atomic E-state index is 10.2. The van der Waals surface area contributed by atoms with Crippen LogP contribution in [0.4, 0.5) is 5.95 Å². The number of nitrogens with zero attached hydrogens (tertiary/aromatic N) is 6. The van der Waals surface area contributed by atoms with Gasteiger partial charge < -0.3 is 19.8 Å². The standard InChI is InChI=1S/C26H32N8O2S/c1-19(32-33-24(35)22-12-7-18-36-22)28-25-29-23(30-26(31-25)37-21-10-3-2-4-11-21)20-9-5-6-15-34(17-13-20)16-8-14-27/h2-4,7,10-12,18,20,24,33,35H,5-6,8-9,13,15-17H2,1H3,(H,28,29,30,31,32). The predicted octanol–water partition coefficient (Wildman–Crippen LogP) is 4.32. The van der Waals surface area contributed by atoms with Crippen LogP contribution in [0.2, 0.25) is 0 Å². The van der Waals surface area contributed by atoms with E-state index in [1.807, 2.05) is 30.3 Å². The van der Waals surface area contributed by atoms with Gasteiger partial charge >= 0.3 is 0 Å². The molecule has 0 saturated carbocycles. The number of hydrazine groups is 1. The van der Waals surface area contributed by atoms with Gasteiger partial charge in [-0.05, 0) is 75.3 Å². The number of hydrogen-bond donors (Lipinski definition) is 3. The highest BCUT2D eigenvalue weighted by atomic mass is 32.2. The number of aliphatic hydroxyl groups is 1. The van der Waals surface area contributed by atoms with E-state index in [1.54, 1.807) is 19.1 Å². The minimum atomic E-state index is -1.03. The number of nitriles is 1. The molecule has 2 aromatic heterocycles. The monoisotopic (exact) mass is 520 g/mol. The molecular weight excluding hydrogens is 488 g/mol. The van der Waals surface area contributed by atoms with Gasteiger partial charge in [0.2, 0.25) is 0 Å². The summed E-state index contributed by atoms with van der Waals surface area (Å²) in [6, 6.07) is 15.6. The van der Waals surface area contributed by atoms with Crippen molar-refractivity contribution in [3.63, 3.8) is 0 Å². The quantitative estimate of drug-likeness (QED) is 0.162. The second kappa shape index (κ2) is 13.9. The lowest BCUT2D eigenvalue weighted by molar-refractivity contribution is 0.106. The highest BCUT2D eigenvalue weighted by molar-refractivity contribution is 7.99. The van der Waals surface area contributed by atoms with Gasteiger partial charge in [0.05, 0.1) is 12.3 Å². The van der Waals surface area contributed by atoms with Crippen LogP contribution in [0.15, 0.2) is 68.2 Å². The first-order chi connectivity index (χ1) is 18.1.